The van der Waals surface area contributed by atoms with Gasteiger partial charge in [0.2, 0.25) is 0 Å². The summed E-state index contributed by atoms with van der Waals surface area (Å²) in [5, 5.41) is 5.05. The van der Waals surface area contributed by atoms with E-state index in [9.17, 15) is 0 Å². The largest absolute Gasteiger partial charge is 0.370 e. The number of aromatic nitrogens is 2. The number of halogens is 1. The van der Waals surface area contributed by atoms with Crippen LogP contribution in [0.1, 0.15) is 60.6 Å². The average Bonchev–Trinajstić information content (AvgIpc) is 3.43. The quantitative estimate of drug-likeness (QED) is 0.240. The van der Waals surface area contributed by atoms with Crippen molar-refractivity contribution in [2.45, 2.75) is 53.1 Å². The summed E-state index contributed by atoms with van der Waals surface area (Å²) in [6.45, 7) is 13.2. The molecule has 2 aliphatic rings. The third-order valence-electron chi connectivity index (χ3n) is 8.57. The molecule has 2 fully saturated rings. The third kappa shape index (κ3) is 5.24. The van der Waals surface area contributed by atoms with Crippen molar-refractivity contribution in [2.24, 2.45) is 11.8 Å². The smallest absolute Gasteiger partial charge is 0.174 e. The van der Waals surface area contributed by atoms with Gasteiger partial charge in [0.1, 0.15) is 0 Å². The first-order valence-electron chi connectivity index (χ1n) is 14.5. The molecule has 2 saturated heterocycles. The molecule has 0 saturated carbocycles. The summed E-state index contributed by atoms with van der Waals surface area (Å²) in [5.41, 5.74) is 9.03. The van der Waals surface area contributed by atoms with E-state index in [1.807, 2.05) is 18.3 Å². The normalized spacial score (nSPS) is 22.7. The number of thiocarbonyl (C=S) groups is 1. The van der Waals surface area contributed by atoms with Gasteiger partial charge in [-0.3, -0.25) is 4.98 Å². The minimum Gasteiger partial charge on any atom is -0.370 e. The van der Waals surface area contributed by atoms with Gasteiger partial charge in [-0.15, -0.1) is 0 Å². The van der Waals surface area contributed by atoms with Crippen molar-refractivity contribution in [3.05, 3.63) is 106 Å². The Kier molecular flexibility index (Phi) is 7.56. The van der Waals surface area contributed by atoms with Crippen molar-refractivity contribution in [3.8, 4) is 5.69 Å². The van der Waals surface area contributed by atoms with E-state index in [-0.39, 0.29) is 12.1 Å². The van der Waals surface area contributed by atoms with E-state index < -0.39 is 0 Å². The number of hydrogen-bond donors (Lipinski definition) is 1. The maximum atomic E-state index is 7.04. The summed E-state index contributed by atoms with van der Waals surface area (Å²) in [7, 11) is 0. The Balaban J connectivity index is 1.44. The van der Waals surface area contributed by atoms with Gasteiger partial charge in [0.05, 0.1) is 28.5 Å². The molecule has 2 aromatic heterocycles. The van der Waals surface area contributed by atoms with Crippen molar-refractivity contribution in [3.63, 3.8) is 0 Å². The van der Waals surface area contributed by atoms with Gasteiger partial charge in [-0.25, -0.2) is 0 Å². The topological polar surface area (TPSA) is 36.3 Å². The molecule has 0 bridgehead atoms. The lowest BCUT2D eigenvalue weighted by Crippen LogP contribution is -2.38. The van der Waals surface area contributed by atoms with Crippen LogP contribution in [0, 0.1) is 32.6 Å². The number of anilines is 2. The zero-order valence-corrected chi connectivity index (χ0v) is 26.0. The van der Waals surface area contributed by atoms with Gasteiger partial charge in [-0.1, -0.05) is 43.6 Å². The van der Waals surface area contributed by atoms with Gasteiger partial charge in [0.15, 0.2) is 5.11 Å². The van der Waals surface area contributed by atoms with Crippen molar-refractivity contribution in [1.29, 1.82) is 0 Å². The van der Waals surface area contributed by atoms with Crippen molar-refractivity contribution in [1.82, 2.24) is 14.9 Å². The first-order chi connectivity index (χ1) is 19.7. The maximum absolute atomic E-state index is 7.04. The average molecular weight is 584 g/mol. The van der Waals surface area contributed by atoms with Crippen LogP contribution in [-0.2, 0) is 0 Å². The lowest BCUT2D eigenvalue weighted by molar-refractivity contribution is 0.357. The number of pyridine rings is 1. The highest BCUT2D eigenvalue weighted by molar-refractivity contribution is 7.80. The zero-order chi connectivity index (χ0) is 28.8. The van der Waals surface area contributed by atoms with Crippen LogP contribution in [0.5, 0.6) is 0 Å². The van der Waals surface area contributed by atoms with Gasteiger partial charge < -0.3 is 19.7 Å². The van der Waals surface area contributed by atoms with Crippen molar-refractivity contribution < 1.29 is 0 Å². The fourth-order valence-corrected chi connectivity index (χ4v) is 7.60. The minimum atomic E-state index is -0.114. The maximum Gasteiger partial charge on any atom is 0.174 e. The molecule has 4 aromatic rings. The Morgan fingerprint density at radius 2 is 1.68 bits per heavy atom. The number of rotatable bonds is 5. The van der Waals surface area contributed by atoms with E-state index in [2.05, 4.69) is 109 Å². The number of hydrogen-bond acceptors (Lipinski definition) is 3. The predicted molar refractivity (Wildman–Crippen MR) is 175 cm³/mol. The minimum absolute atomic E-state index is 0.0980. The van der Waals surface area contributed by atoms with Gasteiger partial charge in [0.25, 0.3) is 0 Å². The number of nitrogens with one attached hydrogen (secondary N) is 1. The molecule has 4 atom stereocenters. The van der Waals surface area contributed by atoms with E-state index >= 15 is 0 Å². The molecule has 5 nitrogen and oxygen atoms in total. The van der Waals surface area contributed by atoms with Crippen LogP contribution in [0.2, 0.25) is 5.02 Å². The van der Waals surface area contributed by atoms with E-state index in [4.69, 9.17) is 28.8 Å². The molecule has 7 heteroatoms. The lowest BCUT2D eigenvalue weighted by Gasteiger charge is -2.37. The summed E-state index contributed by atoms with van der Waals surface area (Å²) >= 11 is 13.1. The molecule has 0 radical (unpaired) electrons. The highest BCUT2D eigenvalue weighted by Gasteiger charge is 2.42. The Morgan fingerprint density at radius 3 is 2.37 bits per heavy atom. The summed E-state index contributed by atoms with van der Waals surface area (Å²) in [4.78, 5) is 9.42. The molecule has 2 aromatic carbocycles. The summed E-state index contributed by atoms with van der Waals surface area (Å²) in [5.74, 6) is 1.30. The van der Waals surface area contributed by atoms with Gasteiger partial charge >= 0.3 is 0 Å². The summed E-state index contributed by atoms with van der Waals surface area (Å²) in [6, 6.07) is 23.2. The Hall–Kier alpha value is -3.35. The second kappa shape index (κ2) is 11.1. The molecule has 0 spiro atoms. The van der Waals surface area contributed by atoms with Crippen LogP contribution >= 0.6 is 23.8 Å². The second-order valence-corrected chi connectivity index (χ2v) is 12.8. The molecule has 0 aliphatic carbocycles. The zero-order valence-electron chi connectivity index (χ0n) is 24.4. The standard InChI is InChI=1S/C34H38ClN5S/c1-21-9-8-10-26(16-21)39-24(4)17-28(25(39)5)33-32(30-11-6-7-14-36-30)37-34(41)40(33)27-12-13-31(29(35)18-27)38-19-22(2)15-23(3)20-38/h6-14,16-18,22-23,32-33H,15,19-20H2,1-5H3,(H,37,41)/t22-,23-,32-,33+/m0/s1. The summed E-state index contributed by atoms with van der Waals surface area (Å²) in [6.07, 6.45) is 3.11. The lowest BCUT2D eigenvalue weighted by atomic mass is 9.91. The third-order valence-corrected chi connectivity index (χ3v) is 9.18. The van der Waals surface area contributed by atoms with E-state index in [0.29, 0.717) is 16.9 Å². The van der Waals surface area contributed by atoms with Crippen LogP contribution in [0.25, 0.3) is 5.69 Å². The molecule has 212 valence electrons. The first-order valence-corrected chi connectivity index (χ1v) is 15.3. The number of nitrogens with zero attached hydrogens (tertiary/aromatic N) is 4. The number of benzene rings is 2. The highest BCUT2D eigenvalue weighted by Crippen LogP contribution is 2.45. The fraction of sp³-hybridized carbons (Fsp3) is 0.353. The van der Waals surface area contributed by atoms with Crippen LogP contribution in [0.3, 0.4) is 0 Å². The first kappa shape index (κ1) is 27.8. The number of piperidine rings is 1. The monoisotopic (exact) mass is 583 g/mol. The Morgan fingerprint density at radius 1 is 0.902 bits per heavy atom. The van der Waals surface area contributed by atoms with Crippen molar-refractivity contribution in [2.75, 3.05) is 22.9 Å². The van der Waals surface area contributed by atoms with Gasteiger partial charge in [0, 0.05) is 42.0 Å². The molecule has 0 amide bonds. The molecular formula is C34H38ClN5S. The Labute approximate surface area is 254 Å². The Bertz CT molecular complexity index is 1570. The predicted octanol–water partition coefficient (Wildman–Crippen LogP) is 8.11. The molecule has 41 heavy (non-hydrogen) atoms. The van der Waals surface area contributed by atoms with Crippen LogP contribution in [0.15, 0.2) is 72.9 Å². The van der Waals surface area contributed by atoms with Crippen LogP contribution in [0.4, 0.5) is 11.4 Å². The highest BCUT2D eigenvalue weighted by atomic mass is 35.5. The van der Waals surface area contributed by atoms with Crippen LogP contribution in [-0.4, -0.2) is 27.8 Å². The van der Waals surface area contributed by atoms with Gasteiger partial charge in [-0.05, 0) is 111 Å². The van der Waals surface area contributed by atoms with Crippen LogP contribution < -0.4 is 15.1 Å². The molecule has 4 heterocycles. The molecule has 2 aliphatic heterocycles. The van der Waals surface area contributed by atoms with Crippen molar-refractivity contribution >= 4 is 40.3 Å². The SMILES string of the molecule is Cc1cccc(-n2c(C)cc([C@@H]3[C@H](c4ccccn4)NC(=S)N3c3ccc(N4C[C@@H](C)C[C@H](C)C4)c(Cl)c3)c2C)c1. The second-order valence-electron chi connectivity index (χ2n) is 12.0. The van der Waals surface area contributed by atoms with E-state index in [1.54, 1.807) is 0 Å². The summed E-state index contributed by atoms with van der Waals surface area (Å²) < 4.78 is 2.34. The fourth-order valence-electron chi connectivity index (χ4n) is 6.96. The molecule has 6 rings (SSSR count). The number of aryl methyl sites for hydroxylation is 2. The van der Waals surface area contributed by atoms with E-state index in [0.717, 1.165) is 40.9 Å². The van der Waals surface area contributed by atoms with Gasteiger partial charge in [-0.2, -0.15) is 0 Å². The molecular weight excluding hydrogens is 546 g/mol. The molecule has 1 N–H and O–H groups in total. The molecule has 0 unspecified atom stereocenters. The van der Waals surface area contributed by atoms with E-state index in [1.165, 1.54) is 28.9 Å².